The third-order valence-electron chi connectivity index (χ3n) is 4.69. The molecule has 0 radical (unpaired) electrons. The summed E-state index contributed by atoms with van der Waals surface area (Å²) < 4.78 is 0. The van der Waals surface area contributed by atoms with Gasteiger partial charge in [-0.1, -0.05) is 6.42 Å². The second-order valence-corrected chi connectivity index (χ2v) is 5.80. The topological polar surface area (TPSA) is 60.9 Å². The van der Waals surface area contributed by atoms with E-state index in [2.05, 4.69) is 4.90 Å². The van der Waals surface area contributed by atoms with Crippen LogP contribution < -0.4 is 0 Å². The molecule has 3 rings (SSSR count). The molecule has 2 saturated carbocycles. The first-order chi connectivity index (χ1) is 8.63. The number of piperazine rings is 1. The number of aliphatic carboxylic acids is 1. The maximum Gasteiger partial charge on any atom is 0.319 e. The highest BCUT2D eigenvalue weighted by molar-refractivity contribution is 6.02. The Morgan fingerprint density at radius 2 is 1.67 bits per heavy atom. The van der Waals surface area contributed by atoms with Crippen molar-refractivity contribution in [1.82, 2.24) is 9.80 Å². The number of hydrogen-bond acceptors (Lipinski definition) is 3. The monoisotopic (exact) mass is 252 g/mol. The first-order valence-electron chi connectivity index (χ1n) is 6.90. The Morgan fingerprint density at radius 1 is 1.06 bits per heavy atom. The average Bonchev–Trinajstić information content (AvgIpc) is 3.11. The van der Waals surface area contributed by atoms with Crippen molar-refractivity contribution >= 4 is 11.9 Å². The smallest absolute Gasteiger partial charge is 0.319 e. The van der Waals surface area contributed by atoms with E-state index in [1.165, 1.54) is 12.8 Å². The van der Waals surface area contributed by atoms with Gasteiger partial charge in [-0.3, -0.25) is 14.5 Å². The maximum atomic E-state index is 12.4. The fraction of sp³-hybridized carbons (Fsp3) is 0.846. The summed E-state index contributed by atoms with van der Waals surface area (Å²) in [6, 6.07) is 0.736. The molecule has 0 bridgehead atoms. The molecule has 3 aliphatic rings. The largest absolute Gasteiger partial charge is 0.480 e. The second kappa shape index (κ2) is 4.23. The molecule has 1 heterocycles. The van der Waals surface area contributed by atoms with Gasteiger partial charge in [-0.05, 0) is 25.7 Å². The standard InChI is InChI=1S/C13H20N2O3/c16-11(13(12(17)18)4-1-5-13)15-8-6-14(7-9-15)10-2-3-10/h10H,1-9H2,(H,17,18). The number of hydrogen-bond donors (Lipinski definition) is 1. The van der Waals surface area contributed by atoms with Gasteiger partial charge in [0.25, 0.3) is 0 Å². The van der Waals surface area contributed by atoms with Crippen molar-refractivity contribution in [2.45, 2.75) is 38.1 Å². The van der Waals surface area contributed by atoms with Crippen LogP contribution >= 0.6 is 0 Å². The molecule has 100 valence electrons. The molecule has 0 aromatic rings. The van der Waals surface area contributed by atoms with Gasteiger partial charge in [-0.25, -0.2) is 0 Å². The highest BCUT2D eigenvalue weighted by atomic mass is 16.4. The Hall–Kier alpha value is -1.10. The van der Waals surface area contributed by atoms with Crippen LogP contribution in [0.3, 0.4) is 0 Å². The minimum absolute atomic E-state index is 0.142. The predicted octanol–water partition coefficient (Wildman–Crippen LogP) is 0.548. The summed E-state index contributed by atoms with van der Waals surface area (Å²) in [5, 5.41) is 9.28. The SMILES string of the molecule is O=C(O)C1(C(=O)N2CCN(C3CC3)CC2)CCC1. The van der Waals surface area contributed by atoms with E-state index >= 15 is 0 Å². The van der Waals surface area contributed by atoms with Gasteiger partial charge in [-0.15, -0.1) is 0 Å². The van der Waals surface area contributed by atoms with Crippen molar-refractivity contribution in [3.8, 4) is 0 Å². The summed E-state index contributed by atoms with van der Waals surface area (Å²) in [6.07, 6.45) is 4.47. The average molecular weight is 252 g/mol. The zero-order chi connectivity index (χ0) is 12.8. The fourth-order valence-electron chi connectivity index (χ4n) is 3.08. The molecule has 0 aromatic heterocycles. The first-order valence-corrected chi connectivity index (χ1v) is 6.90. The molecule has 1 saturated heterocycles. The molecule has 0 spiro atoms. The van der Waals surface area contributed by atoms with Gasteiger partial charge in [0.15, 0.2) is 0 Å². The van der Waals surface area contributed by atoms with Crippen molar-refractivity contribution in [3.05, 3.63) is 0 Å². The summed E-state index contributed by atoms with van der Waals surface area (Å²) in [4.78, 5) is 27.9. The van der Waals surface area contributed by atoms with E-state index in [0.29, 0.717) is 25.9 Å². The lowest BCUT2D eigenvalue weighted by Crippen LogP contribution is -2.57. The number of rotatable bonds is 3. The second-order valence-electron chi connectivity index (χ2n) is 5.80. The van der Waals surface area contributed by atoms with Gasteiger partial charge in [0.1, 0.15) is 5.41 Å². The summed E-state index contributed by atoms with van der Waals surface area (Å²) in [5.41, 5.74) is -1.08. The lowest BCUT2D eigenvalue weighted by atomic mass is 9.67. The number of carbonyl (C=O) groups excluding carboxylic acids is 1. The number of amides is 1. The number of carboxylic acid groups (broad SMARTS) is 1. The molecule has 5 nitrogen and oxygen atoms in total. The van der Waals surface area contributed by atoms with Crippen LogP contribution in [-0.4, -0.2) is 59.0 Å². The molecule has 0 atom stereocenters. The Kier molecular flexibility index (Phi) is 2.81. The molecule has 5 heteroatoms. The zero-order valence-electron chi connectivity index (χ0n) is 10.6. The van der Waals surface area contributed by atoms with Crippen LogP contribution in [0, 0.1) is 5.41 Å². The molecular formula is C13H20N2O3. The van der Waals surface area contributed by atoms with Crippen LogP contribution in [0.25, 0.3) is 0 Å². The van der Waals surface area contributed by atoms with E-state index in [0.717, 1.165) is 25.6 Å². The lowest BCUT2D eigenvalue weighted by Gasteiger charge is -2.43. The van der Waals surface area contributed by atoms with Crippen LogP contribution in [0.1, 0.15) is 32.1 Å². The normalized spacial score (nSPS) is 27.7. The molecule has 1 amide bonds. The van der Waals surface area contributed by atoms with Gasteiger partial charge in [0.05, 0.1) is 0 Å². The van der Waals surface area contributed by atoms with E-state index < -0.39 is 11.4 Å². The van der Waals surface area contributed by atoms with Gasteiger partial charge >= 0.3 is 5.97 Å². The zero-order valence-corrected chi connectivity index (χ0v) is 10.6. The van der Waals surface area contributed by atoms with Crippen molar-refractivity contribution in [1.29, 1.82) is 0 Å². The lowest BCUT2D eigenvalue weighted by molar-refractivity contribution is -0.168. The van der Waals surface area contributed by atoms with E-state index in [-0.39, 0.29) is 5.91 Å². The predicted molar refractivity (Wildman–Crippen MR) is 65.1 cm³/mol. The van der Waals surface area contributed by atoms with Crippen LogP contribution in [0.2, 0.25) is 0 Å². The molecule has 3 fully saturated rings. The maximum absolute atomic E-state index is 12.4. The first kappa shape index (κ1) is 12.0. The summed E-state index contributed by atoms with van der Waals surface area (Å²) in [7, 11) is 0. The van der Waals surface area contributed by atoms with Gasteiger partial charge in [-0.2, -0.15) is 0 Å². The molecule has 1 N–H and O–H groups in total. The van der Waals surface area contributed by atoms with Crippen molar-refractivity contribution in [2.24, 2.45) is 5.41 Å². The van der Waals surface area contributed by atoms with Crippen LogP contribution in [0.5, 0.6) is 0 Å². The van der Waals surface area contributed by atoms with Crippen LogP contribution in [0.4, 0.5) is 0 Å². The third-order valence-corrected chi connectivity index (χ3v) is 4.69. The Balaban J connectivity index is 1.61. The van der Waals surface area contributed by atoms with Crippen LogP contribution in [-0.2, 0) is 9.59 Å². The molecule has 0 aromatic carbocycles. The van der Waals surface area contributed by atoms with E-state index in [1.54, 1.807) is 4.90 Å². The minimum atomic E-state index is -1.08. The highest BCUT2D eigenvalue weighted by Gasteiger charge is 2.53. The van der Waals surface area contributed by atoms with E-state index in [1.807, 2.05) is 0 Å². The number of carbonyl (C=O) groups is 2. The van der Waals surface area contributed by atoms with E-state index in [4.69, 9.17) is 0 Å². The highest BCUT2D eigenvalue weighted by Crippen LogP contribution is 2.43. The fourth-order valence-corrected chi connectivity index (χ4v) is 3.08. The molecule has 1 aliphatic heterocycles. The van der Waals surface area contributed by atoms with Gasteiger partial charge in [0.2, 0.25) is 5.91 Å². The quantitative estimate of drug-likeness (QED) is 0.745. The van der Waals surface area contributed by atoms with Gasteiger partial charge in [0, 0.05) is 32.2 Å². The van der Waals surface area contributed by atoms with Crippen LogP contribution in [0.15, 0.2) is 0 Å². The van der Waals surface area contributed by atoms with Crippen molar-refractivity contribution in [2.75, 3.05) is 26.2 Å². The Labute approximate surface area is 107 Å². The summed E-state index contributed by atoms with van der Waals surface area (Å²) >= 11 is 0. The van der Waals surface area contributed by atoms with Crippen molar-refractivity contribution < 1.29 is 14.7 Å². The molecule has 0 unspecified atom stereocenters. The Morgan fingerprint density at radius 3 is 2.06 bits per heavy atom. The van der Waals surface area contributed by atoms with Gasteiger partial charge < -0.3 is 10.0 Å². The molecule has 2 aliphatic carbocycles. The minimum Gasteiger partial charge on any atom is -0.480 e. The molecule has 18 heavy (non-hydrogen) atoms. The van der Waals surface area contributed by atoms with Crippen molar-refractivity contribution in [3.63, 3.8) is 0 Å². The Bertz CT molecular complexity index is 366. The number of carboxylic acids is 1. The molecular weight excluding hydrogens is 232 g/mol. The summed E-state index contributed by atoms with van der Waals surface area (Å²) in [5.74, 6) is -1.07. The third kappa shape index (κ3) is 1.81. The summed E-state index contributed by atoms with van der Waals surface area (Å²) in [6.45, 7) is 3.22. The van der Waals surface area contributed by atoms with E-state index in [9.17, 15) is 14.7 Å². The number of nitrogens with zero attached hydrogens (tertiary/aromatic N) is 2.